The molecule has 0 aromatic heterocycles. The van der Waals surface area contributed by atoms with Gasteiger partial charge >= 0.3 is 5.97 Å². The number of esters is 1. The van der Waals surface area contributed by atoms with Gasteiger partial charge in [0.15, 0.2) is 0 Å². The molecule has 5 nitrogen and oxygen atoms in total. The molecule has 0 spiro atoms. The number of nitrogen functional groups attached to an aromatic ring is 1. The van der Waals surface area contributed by atoms with Gasteiger partial charge in [-0.25, -0.2) is 4.79 Å². The lowest BCUT2D eigenvalue weighted by molar-refractivity contribution is -0.149. The van der Waals surface area contributed by atoms with E-state index in [1.165, 1.54) is 0 Å². The highest BCUT2D eigenvalue weighted by Crippen LogP contribution is 2.22. The van der Waals surface area contributed by atoms with E-state index in [9.17, 15) is 9.59 Å². The van der Waals surface area contributed by atoms with Gasteiger partial charge in [0.05, 0.1) is 6.61 Å². The first kappa shape index (κ1) is 15.4. The molecule has 1 aromatic carbocycles. The van der Waals surface area contributed by atoms with Crippen molar-refractivity contribution < 1.29 is 14.3 Å². The second-order valence-corrected chi connectivity index (χ2v) is 5.33. The van der Waals surface area contributed by atoms with Crippen LogP contribution >= 0.6 is 0 Å². The summed E-state index contributed by atoms with van der Waals surface area (Å²) >= 11 is 0. The monoisotopic (exact) mass is 290 g/mol. The highest BCUT2D eigenvalue weighted by molar-refractivity contribution is 5.97. The van der Waals surface area contributed by atoms with Crippen molar-refractivity contribution in [2.45, 2.75) is 39.2 Å². The smallest absolute Gasteiger partial charge is 0.328 e. The zero-order valence-electron chi connectivity index (χ0n) is 12.6. The molecule has 1 aliphatic rings. The molecular weight excluding hydrogens is 268 g/mol. The van der Waals surface area contributed by atoms with Crippen LogP contribution in [0.2, 0.25) is 0 Å². The summed E-state index contributed by atoms with van der Waals surface area (Å²) in [7, 11) is 0. The molecule has 21 heavy (non-hydrogen) atoms. The van der Waals surface area contributed by atoms with E-state index in [-0.39, 0.29) is 11.9 Å². The Morgan fingerprint density at radius 1 is 1.38 bits per heavy atom. The van der Waals surface area contributed by atoms with Crippen molar-refractivity contribution in [1.82, 2.24) is 4.90 Å². The topological polar surface area (TPSA) is 72.6 Å². The largest absolute Gasteiger partial charge is 0.464 e. The molecule has 1 saturated heterocycles. The Bertz CT molecular complexity index is 542. The van der Waals surface area contributed by atoms with Gasteiger partial charge in [0.1, 0.15) is 6.04 Å². The molecule has 1 amide bonds. The molecule has 1 unspecified atom stereocenters. The van der Waals surface area contributed by atoms with Gasteiger partial charge in [-0.05, 0) is 50.8 Å². The van der Waals surface area contributed by atoms with Gasteiger partial charge in [0, 0.05) is 17.8 Å². The standard InChI is InChI=1S/C16H22N2O3/c1-3-21-16(20)14-6-4-5-9-18(14)15(19)12-8-7-11(2)13(17)10-12/h7-8,10,14H,3-6,9,17H2,1-2H3. The molecule has 2 rings (SSSR count). The number of amides is 1. The maximum absolute atomic E-state index is 12.6. The van der Waals surface area contributed by atoms with Gasteiger partial charge in [-0.3, -0.25) is 4.79 Å². The Kier molecular flexibility index (Phi) is 4.83. The van der Waals surface area contributed by atoms with Crippen LogP contribution in [0.1, 0.15) is 42.1 Å². The van der Waals surface area contributed by atoms with Gasteiger partial charge in [-0.1, -0.05) is 6.07 Å². The van der Waals surface area contributed by atoms with Crippen LogP contribution in [0.4, 0.5) is 5.69 Å². The number of carbonyl (C=O) groups excluding carboxylic acids is 2. The summed E-state index contributed by atoms with van der Waals surface area (Å²) in [4.78, 5) is 26.3. The fourth-order valence-electron chi connectivity index (χ4n) is 2.60. The number of benzene rings is 1. The van der Waals surface area contributed by atoms with Gasteiger partial charge in [-0.15, -0.1) is 0 Å². The number of hydrogen-bond acceptors (Lipinski definition) is 4. The first-order valence-corrected chi connectivity index (χ1v) is 7.38. The minimum absolute atomic E-state index is 0.153. The molecule has 1 aromatic rings. The summed E-state index contributed by atoms with van der Waals surface area (Å²) in [5.41, 5.74) is 7.92. The van der Waals surface area contributed by atoms with Crippen LogP contribution in [0.15, 0.2) is 18.2 Å². The summed E-state index contributed by atoms with van der Waals surface area (Å²) in [5, 5.41) is 0. The fraction of sp³-hybridized carbons (Fsp3) is 0.500. The minimum atomic E-state index is -0.478. The van der Waals surface area contributed by atoms with Crippen LogP contribution in [-0.2, 0) is 9.53 Å². The van der Waals surface area contributed by atoms with Crippen LogP contribution < -0.4 is 5.73 Å². The maximum atomic E-state index is 12.6. The van der Waals surface area contributed by atoms with E-state index in [0.29, 0.717) is 30.8 Å². The molecule has 0 aliphatic carbocycles. The molecule has 0 radical (unpaired) electrons. The van der Waals surface area contributed by atoms with E-state index >= 15 is 0 Å². The molecule has 114 valence electrons. The van der Waals surface area contributed by atoms with Crippen LogP contribution in [0.3, 0.4) is 0 Å². The third kappa shape index (κ3) is 3.35. The third-order valence-electron chi connectivity index (χ3n) is 3.85. The van der Waals surface area contributed by atoms with Gasteiger partial charge < -0.3 is 15.4 Å². The zero-order valence-corrected chi connectivity index (χ0v) is 12.6. The Hall–Kier alpha value is -2.04. The Morgan fingerprint density at radius 2 is 2.14 bits per heavy atom. The lowest BCUT2D eigenvalue weighted by Gasteiger charge is -2.34. The number of nitrogens with zero attached hydrogens (tertiary/aromatic N) is 1. The first-order valence-electron chi connectivity index (χ1n) is 7.38. The Labute approximate surface area is 125 Å². The second-order valence-electron chi connectivity index (χ2n) is 5.33. The number of aryl methyl sites for hydroxylation is 1. The normalized spacial score (nSPS) is 18.4. The van der Waals surface area contributed by atoms with Crippen LogP contribution in [0.25, 0.3) is 0 Å². The quantitative estimate of drug-likeness (QED) is 0.683. The summed E-state index contributed by atoms with van der Waals surface area (Å²) in [5.74, 6) is -0.468. The lowest BCUT2D eigenvalue weighted by atomic mass is 10.00. The van der Waals surface area contributed by atoms with Crippen molar-refractivity contribution >= 4 is 17.6 Å². The zero-order chi connectivity index (χ0) is 15.4. The second kappa shape index (κ2) is 6.61. The molecule has 1 heterocycles. The van der Waals surface area contributed by atoms with Crippen molar-refractivity contribution in [3.05, 3.63) is 29.3 Å². The predicted octanol–water partition coefficient (Wildman–Crippen LogP) is 2.14. The lowest BCUT2D eigenvalue weighted by Crippen LogP contribution is -2.48. The molecule has 0 saturated carbocycles. The van der Waals surface area contributed by atoms with Gasteiger partial charge in [-0.2, -0.15) is 0 Å². The predicted molar refractivity (Wildman–Crippen MR) is 80.9 cm³/mol. The molecule has 1 aliphatic heterocycles. The van der Waals surface area contributed by atoms with Crippen molar-refractivity contribution in [1.29, 1.82) is 0 Å². The number of nitrogens with two attached hydrogens (primary N) is 1. The van der Waals surface area contributed by atoms with Crippen molar-refractivity contribution in [3.63, 3.8) is 0 Å². The number of ether oxygens (including phenoxy) is 1. The maximum Gasteiger partial charge on any atom is 0.328 e. The Morgan fingerprint density at radius 3 is 2.81 bits per heavy atom. The van der Waals surface area contributed by atoms with E-state index in [1.54, 1.807) is 24.0 Å². The molecule has 2 N–H and O–H groups in total. The molecular formula is C16H22N2O3. The van der Waals surface area contributed by atoms with Crippen molar-refractivity contribution in [2.75, 3.05) is 18.9 Å². The summed E-state index contributed by atoms with van der Waals surface area (Å²) in [6, 6.07) is 4.78. The van der Waals surface area contributed by atoms with Crippen LogP contribution in [-0.4, -0.2) is 36.0 Å². The number of carbonyl (C=O) groups is 2. The number of hydrogen-bond donors (Lipinski definition) is 1. The summed E-state index contributed by atoms with van der Waals surface area (Å²) < 4.78 is 5.08. The number of anilines is 1. The van der Waals surface area contributed by atoms with Crippen LogP contribution in [0, 0.1) is 6.92 Å². The van der Waals surface area contributed by atoms with E-state index in [0.717, 1.165) is 18.4 Å². The SMILES string of the molecule is CCOC(=O)C1CCCCN1C(=O)c1ccc(C)c(N)c1. The van der Waals surface area contributed by atoms with Gasteiger partial charge in [0.25, 0.3) is 5.91 Å². The van der Waals surface area contributed by atoms with E-state index in [2.05, 4.69) is 0 Å². The summed E-state index contributed by atoms with van der Waals surface area (Å²) in [6.45, 7) is 4.57. The van der Waals surface area contributed by atoms with Crippen LogP contribution in [0.5, 0.6) is 0 Å². The van der Waals surface area contributed by atoms with E-state index in [1.807, 2.05) is 13.0 Å². The molecule has 5 heteroatoms. The molecule has 1 atom stereocenters. The minimum Gasteiger partial charge on any atom is -0.464 e. The highest BCUT2D eigenvalue weighted by atomic mass is 16.5. The van der Waals surface area contributed by atoms with Crippen molar-refractivity contribution in [3.8, 4) is 0 Å². The number of piperidine rings is 1. The third-order valence-corrected chi connectivity index (χ3v) is 3.85. The highest BCUT2D eigenvalue weighted by Gasteiger charge is 2.33. The molecule has 1 fully saturated rings. The molecule has 0 bridgehead atoms. The first-order chi connectivity index (χ1) is 10.0. The summed E-state index contributed by atoms with van der Waals surface area (Å²) in [6.07, 6.45) is 2.50. The Balaban J connectivity index is 2.21. The van der Waals surface area contributed by atoms with E-state index in [4.69, 9.17) is 10.5 Å². The van der Waals surface area contributed by atoms with Crippen molar-refractivity contribution in [2.24, 2.45) is 0 Å². The van der Waals surface area contributed by atoms with Gasteiger partial charge in [0.2, 0.25) is 0 Å². The number of likely N-dealkylation sites (tertiary alicyclic amines) is 1. The van der Waals surface area contributed by atoms with E-state index < -0.39 is 6.04 Å². The number of rotatable bonds is 3. The fourth-order valence-corrected chi connectivity index (χ4v) is 2.60. The average molecular weight is 290 g/mol. The average Bonchev–Trinajstić information content (AvgIpc) is 2.49.